The Morgan fingerprint density at radius 1 is 1.21 bits per heavy atom. The first-order valence-corrected chi connectivity index (χ1v) is 9.96. The molecule has 0 bridgehead atoms. The fraction of sp³-hybridized carbons (Fsp3) is 0.478. The molecule has 152 valence electrons. The smallest absolute Gasteiger partial charge is 0.123 e. The molecule has 4 nitrogen and oxygen atoms in total. The first-order valence-electron chi connectivity index (χ1n) is 9.96. The van der Waals surface area contributed by atoms with Crippen LogP contribution in [0.25, 0.3) is 0 Å². The van der Waals surface area contributed by atoms with Gasteiger partial charge in [0.1, 0.15) is 24.3 Å². The molecule has 2 atom stereocenters. The normalized spacial score (nSPS) is 17.8. The van der Waals surface area contributed by atoms with E-state index in [2.05, 4.69) is 4.90 Å². The molecule has 1 aliphatic heterocycles. The summed E-state index contributed by atoms with van der Waals surface area (Å²) in [6.45, 7) is 6.96. The topological polar surface area (TPSA) is 41.9 Å². The van der Waals surface area contributed by atoms with Crippen LogP contribution in [-0.2, 0) is 11.3 Å². The molecule has 1 aliphatic rings. The summed E-state index contributed by atoms with van der Waals surface area (Å²) in [5, 5.41) is 10.6. The molecule has 1 fully saturated rings. The number of hydrogen-bond donors (Lipinski definition) is 1. The van der Waals surface area contributed by atoms with Crippen LogP contribution in [0, 0.1) is 19.7 Å². The average molecular weight is 387 g/mol. The molecule has 0 amide bonds. The highest BCUT2D eigenvalue weighted by Crippen LogP contribution is 2.21. The van der Waals surface area contributed by atoms with Crippen LogP contribution in [0.5, 0.6) is 5.75 Å². The molecule has 28 heavy (non-hydrogen) atoms. The van der Waals surface area contributed by atoms with Crippen molar-refractivity contribution in [3.8, 4) is 5.75 Å². The molecule has 5 heteroatoms. The maximum absolute atomic E-state index is 13.2. The number of rotatable bonds is 9. The first-order chi connectivity index (χ1) is 13.5. The second-order valence-corrected chi connectivity index (χ2v) is 7.62. The maximum atomic E-state index is 13.2. The molecule has 0 aliphatic carbocycles. The van der Waals surface area contributed by atoms with Gasteiger partial charge in [-0.1, -0.05) is 24.3 Å². The standard InChI is InChI=1S/C23H30FNO3/c1-17-5-3-7-23(18(17)2)28-16-21(26)14-25(15-22-6-4-12-27-22)13-19-8-10-20(24)11-9-19/h3,5,7-11,21-22,26H,4,6,12-16H2,1-2H3. The van der Waals surface area contributed by atoms with Crippen LogP contribution in [0.2, 0.25) is 0 Å². The lowest BCUT2D eigenvalue weighted by molar-refractivity contribution is 0.0312. The zero-order valence-corrected chi connectivity index (χ0v) is 16.7. The zero-order chi connectivity index (χ0) is 19.9. The number of ether oxygens (including phenoxy) is 2. The summed E-state index contributed by atoms with van der Waals surface area (Å²) < 4.78 is 24.8. The fourth-order valence-electron chi connectivity index (χ4n) is 3.55. The summed E-state index contributed by atoms with van der Waals surface area (Å²) in [6, 6.07) is 12.5. The number of benzene rings is 2. The summed E-state index contributed by atoms with van der Waals surface area (Å²) in [4.78, 5) is 2.17. The second-order valence-electron chi connectivity index (χ2n) is 7.62. The van der Waals surface area contributed by atoms with Crippen LogP contribution in [0.3, 0.4) is 0 Å². The lowest BCUT2D eigenvalue weighted by atomic mass is 10.1. The maximum Gasteiger partial charge on any atom is 0.123 e. The van der Waals surface area contributed by atoms with Crippen LogP contribution in [-0.4, -0.2) is 48.5 Å². The third-order valence-corrected chi connectivity index (χ3v) is 5.26. The van der Waals surface area contributed by atoms with Crippen molar-refractivity contribution >= 4 is 0 Å². The van der Waals surface area contributed by atoms with E-state index in [0.717, 1.165) is 42.9 Å². The van der Waals surface area contributed by atoms with Crippen molar-refractivity contribution in [2.24, 2.45) is 0 Å². The Balaban J connectivity index is 1.58. The largest absolute Gasteiger partial charge is 0.491 e. The molecular weight excluding hydrogens is 357 g/mol. The van der Waals surface area contributed by atoms with E-state index in [4.69, 9.17) is 9.47 Å². The molecule has 2 aromatic carbocycles. The van der Waals surface area contributed by atoms with Gasteiger partial charge in [0.25, 0.3) is 0 Å². The Morgan fingerprint density at radius 2 is 2.00 bits per heavy atom. The van der Waals surface area contributed by atoms with Gasteiger partial charge in [-0.25, -0.2) is 4.39 Å². The van der Waals surface area contributed by atoms with Crippen LogP contribution < -0.4 is 4.74 Å². The van der Waals surface area contributed by atoms with Crippen LogP contribution in [0.4, 0.5) is 4.39 Å². The van der Waals surface area contributed by atoms with Gasteiger partial charge in [0, 0.05) is 26.2 Å². The zero-order valence-electron chi connectivity index (χ0n) is 16.7. The monoisotopic (exact) mass is 387 g/mol. The average Bonchev–Trinajstić information content (AvgIpc) is 3.18. The number of aliphatic hydroxyl groups excluding tert-OH is 1. The quantitative estimate of drug-likeness (QED) is 0.709. The lowest BCUT2D eigenvalue weighted by Gasteiger charge is -2.27. The second kappa shape index (κ2) is 10.0. The minimum absolute atomic E-state index is 0.188. The fourth-order valence-corrected chi connectivity index (χ4v) is 3.55. The predicted molar refractivity (Wildman–Crippen MR) is 108 cm³/mol. The third-order valence-electron chi connectivity index (χ3n) is 5.26. The van der Waals surface area contributed by atoms with Crippen LogP contribution in [0.15, 0.2) is 42.5 Å². The number of nitrogens with zero attached hydrogens (tertiary/aromatic N) is 1. The molecular formula is C23H30FNO3. The highest BCUT2D eigenvalue weighted by molar-refractivity contribution is 5.38. The molecule has 0 saturated carbocycles. The van der Waals surface area contributed by atoms with Gasteiger partial charge in [0.05, 0.1) is 6.10 Å². The van der Waals surface area contributed by atoms with Crippen molar-refractivity contribution in [2.75, 3.05) is 26.3 Å². The SMILES string of the molecule is Cc1cccc(OCC(O)CN(Cc2ccc(F)cc2)CC2CCCO2)c1C. The molecule has 3 rings (SSSR count). The number of halogens is 1. The first kappa shape index (κ1) is 20.8. The Kier molecular flexibility index (Phi) is 7.43. The van der Waals surface area contributed by atoms with Crippen LogP contribution in [0.1, 0.15) is 29.5 Å². The van der Waals surface area contributed by atoms with E-state index in [1.165, 1.54) is 17.7 Å². The van der Waals surface area contributed by atoms with E-state index in [1.807, 2.05) is 32.0 Å². The Bertz CT molecular complexity index is 744. The van der Waals surface area contributed by atoms with Gasteiger partial charge in [0.15, 0.2) is 0 Å². The Hall–Kier alpha value is -1.95. The van der Waals surface area contributed by atoms with Gasteiger partial charge >= 0.3 is 0 Å². The van der Waals surface area contributed by atoms with Gasteiger partial charge in [-0.15, -0.1) is 0 Å². The van der Waals surface area contributed by atoms with E-state index in [1.54, 1.807) is 12.1 Å². The van der Waals surface area contributed by atoms with Gasteiger partial charge in [-0.05, 0) is 61.6 Å². The molecule has 1 N–H and O–H groups in total. The van der Waals surface area contributed by atoms with Gasteiger partial charge < -0.3 is 14.6 Å². The summed E-state index contributed by atoms with van der Waals surface area (Å²) in [7, 11) is 0. The summed E-state index contributed by atoms with van der Waals surface area (Å²) in [6.07, 6.45) is 1.68. The highest BCUT2D eigenvalue weighted by Gasteiger charge is 2.21. The molecule has 1 saturated heterocycles. The molecule has 1 heterocycles. The van der Waals surface area contributed by atoms with Crippen molar-refractivity contribution < 1.29 is 19.0 Å². The minimum atomic E-state index is -0.623. The third kappa shape index (κ3) is 6.03. The van der Waals surface area contributed by atoms with Gasteiger partial charge in [-0.3, -0.25) is 4.90 Å². The summed E-state index contributed by atoms with van der Waals surface area (Å²) in [5.74, 6) is 0.569. The molecule has 0 aromatic heterocycles. The van der Waals surface area contributed by atoms with Crippen LogP contribution >= 0.6 is 0 Å². The highest BCUT2D eigenvalue weighted by atomic mass is 19.1. The lowest BCUT2D eigenvalue weighted by Crippen LogP contribution is -2.39. The Morgan fingerprint density at radius 3 is 2.71 bits per heavy atom. The van der Waals surface area contributed by atoms with Crippen molar-refractivity contribution in [2.45, 2.75) is 45.4 Å². The van der Waals surface area contributed by atoms with Crippen molar-refractivity contribution in [1.29, 1.82) is 0 Å². The Labute approximate surface area is 166 Å². The van der Waals surface area contributed by atoms with E-state index in [9.17, 15) is 9.50 Å². The number of aliphatic hydroxyl groups is 1. The van der Waals surface area contributed by atoms with Crippen molar-refractivity contribution in [1.82, 2.24) is 4.90 Å². The van der Waals surface area contributed by atoms with Gasteiger partial charge in [0.2, 0.25) is 0 Å². The number of aryl methyl sites for hydroxylation is 1. The van der Waals surface area contributed by atoms with Gasteiger partial charge in [-0.2, -0.15) is 0 Å². The number of hydrogen-bond acceptors (Lipinski definition) is 4. The van der Waals surface area contributed by atoms with Crippen molar-refractivity contribution in [3.63, 3.8) is 0 Å². The summed E-state index contributed by atoms with van der Waals surface area (Å²) in [5.41, 5.74) is 3.28. The van der Waals surface area contributed by atoms with E-state index >= 15 is 0 Å². The molecule has 0 radical (unpaired) electrons. The van der Waals surface area contributed by atoms with Crippen molar-refractivity contribution in [3.05, 3.63) is 65.0 Å². The molecule has 2 unspecified atom stereocenters. The van der Waals surface area contributed by atoms with E-state index in [-0.39, 0.29) is 18.5 Å². The van der Waals surface area contributed by atoms with E-state index in [0.29, 0.717) is 13.1 Å². The predicted octanol–water partition coefficient (Wildman–Crippen LogP) is 3.86. The summed E-state index contributed by atoms with van der Waals surface area (Å²) >= 11 is 0. The molecule has 2 aromatic rings. The molecule has 0 spiro atoms. The minimum Gasteiger partial charge on any atom is -0.491 e. The van der Waals surface area contributed by atoms with E-state index < -0.39 is 6.10 Å².